The van der Waals surface area contributed by atoms with Gasteiger partial charge in [-0.25, -0.2) is 19.1 Å². The molecular formula is C20H28N5O7+. The minimum Gasteiger partial charge on any atom is -0.443 e. The number of terminal acetylenes is 1. The van der Waals surface area contributed by atoms with Crippen LogP contribution in [-0.2, 0) is 18.9 Å². The van der Waals surface area contributed by atoms with E-state index in [4.69, 9.17) is 25.4 Å². The summed E-state index contributed by atoms with van der Waals surface area (Å²) in [5, 5.41) is 2.40. The summed E-state index contributed by atoms with van der Waals surface area (Å²) in [6, 6.07) is 0.863. The second kappa shape index (κ2) is 11.6. The molecule has 2 amide bonds. The van der Waals surface area contributed by atoms with Crippen molar-refractivity contribution in [1.29, 1.82) is 0 Å². The summed E-state index contributed by atoms with van der Waals surface area (Å²) in [6.07, 6.45) is 5.68. The lowest BCUT2D eigenvalue weighted by molar-refractivity contribution is -0.883. The fourth-order valence-corrected chi connectivity index (χ4v) is 3.59. The average molecular weight is 450 g/mol. The lowest BCUT2D eigenvalue weighted by Gasteiger charge is -2.41. The molecule has 0 aliphatic carbocycles. The lowest BCUT2D eigenvalue weighted by atomic mass is 10.1. The van der Waals surface area contributed by atoms with Crippen LogP contribution in [0.1, 0.15) is 0 Å². The van der Waals surface area contributed by atoms with E-state index in [1.807, 2.05) is 0 Å². The molecule has 0 saturated carbocycles. The quantitative estimate of drug-likeness (QED) is 0.422. The van der Waals surface area contributed by atoms with Gasteiger partial charge in [-0.3, -0.25) is 15.2 Å². The predicted molar refractivity (Wildman–Crippen MR) is 112 cm³/mol. The third-order valence-electron chi connectivity index (χ3n) is 5.43. The molecule has 2 atom stereocenters. The number of nitrogens with one attached hydrogen (secondary N) is 2. The SMILES string of the molecule is C#CC1COCC[N+]1(CCOC(=O)Nc1ccnc(=O)[nH]1)C(=O)OCCN1CCOCC1. The van der Waals surface area contributed by atoms with Gasteiger partial charge in [0.25, 0.3) is 0 Å². The highest BCUT2D eigenvalue weighted by atomic mass is 16.6. The molecule has 0 radical (unpaired) electrons. The number of aromatic amines is 1. The maximum absolute atomic E-state index is 13.1. The standard InChI is InChI=1S/C20H27N5O7/c1-2-16-15-30-13-8-25(16,20(28)32-12-7-24-5-10-29-11-6-24)9-14-31-19(27)23-17-3-4-21-18(26)22-17/h1,3-4,16H,5-15H2,(H-,21,22,23,26,27)/p+1. The van der Waals surface area contributed by atoms with E-state index in [9.17, 15) is 14.4 Å². The van der Waals surface area contributed by atoms with Crippen LogP contribution in [0.15, 0.2) is 17.1 Å². The normalized spacial score (nSPS) is 23.7. The zero-order valence-corrected chi connectivity index (χ0v) is 17.8. The lowest BCUT2D eigenvalue weighted by Crippen LogP contribution is -2.65. The van der Waals surface area contributed by atoms with Crippen molar-refractivity contribution in [2.45, 2.75) is 6.04 Å². The van der Waals surface area contributed by atoms with E-state index < -0.39 is 23.9 Å². The molecule has 0 aromatic carbocycles. The van der Waals surface area contributed by atoms with Gasteiger partial charge in [-0.05, 0) is 12.0 Å². The van der Waals surface area contributed by atoms with Crippen molar-refractivity contribution in [3.05, 3.63) is 22.7 Å². The minimum atomic E-state index is -0.781. The highest BCUT2D eigenvalue weighted by Gasteiger charge is 2.48. The van der Waals surface area contributed by atoms with Gasteiger partial charge in [-0.2, -0.15) is 4.79 Å². The first-order valence-electron chi connectivity index (χ1n) is 10.4. The van der Waals surface area contributed by atoms with Gasteiger partial charge in [0, 0.05) is 25.8 Å². The molecule has 2 aliphatic rings. The zero-order chi connectivity index (χ0) is 22.8. The number of carbonyl (C=O) groups excluding carboxylic acids is 2. The van der Waals surface area contributed by atoms with Gasteiger partial charge in [0.05, 0.1) is 19.8 Å². The number of rotatable bonds is 7. The fourth-order valence-electron chi connectivity index (χ4n) is 3.59. The van der Waals surface area contributed by atoms with Crippen molar-refractivity contribution in [3.63, 3.8) is 0 Å². The number of nitrogens with zero attached hydrogens (tertiary/aromatic N) is 3. The van der Waals surface area contributed by atoms with Crippen LogP contribution in [0.2, 0.25) is 0 Å². The molecule has 2 aliphatic heterocycles. The molecule has 3 heterocycles. The Morgan fingerprint density at radius 3 is 2.84 bits per heavy atom. The summed E-state index contributed by atoms with van der Waals surface area (Å²) in [5.74, 6) is 2.76. The second-order valence-corrected chi connectivity index (χ2v) is 7.36. The Bertz CT molecular complexity index is 880. The van der Waals surface area contributed by atoms with E-state index in [0.29, 0.717) is 32.9 Å². The predicted octanol–water partition coefficient (Wildman–Crippen LogP) is -0.364. The summed E-state index contributed by atoms with van der Waals surface area (Å²) in [5.41, 5.74) is -0.600. The number of hydrogen-bond acceptors (Lipinski definition) is 9. The summed E-state index contributed by atoms with van der Waals surface area (Å²) < 4.78 is 21.4. The molecule has 174 valence electrons. The Hall–Kier alpha value is -2.98. The molecule has 2 fully saturated rings. The van der Waals surface area contributed by atoms with Gasteiger partial charge in [0.15, 0.2) is 6.04 Å². The van der Waals surface area contributed by atoms with Crippen LogP contribution in [0.3, 0.4) is 0 Å². The van der Waals surface area contributed by atoms with Crippen LogP contribution in [-0.4, -0.2) is 110 Å². The van der Waals surface area contributed by atoms with E-state index in [1.165, 1.54) is 12.3 Å². The first-order chi connectivity index (χ1) is 15.5. The van der Waals surface area contributed by atoms with Crippen LogP contribution >= 0.6 is 0 Å². The third kappa shape index (κ3) is 6.27. The Kier molecular flexibility index (Phi) is 8.57. The number of carbonyl (C=O) groups is 2. The zero-order valence-electron chi connectivity index (χ0n) is 17.8. The summed E-state index contributed by atoms with van der Waals surface area (Å²) in [4.78, 5) is 44.4. The van der Waals surface area contributed by atoms with Crippen molar-refractivity contribution in [2.75, 3.05) is 77.7 Å². The Morgan fingerprint density at radius 2 is 2.09 bits per heavy atom. The van der Waals surface area contributed by atoms with Gasteiger partial charge in [0.1, 0.15) is 38.7 Å². The smallest absolute Gasteiger partial charge is 0.443 e. The Labute approximate surface area is 185 Å². The summed E-state index contributed by atoms with van der Waals surface area (Å²) >= 11 is 0. The fraction of sp³-hybridized carbons (Fsp3) is 0.600. The van der Waals surface area contributed by atoms with Crippen molar-refractivity contribution in [2.24, 2.45) is 0 Å². The van der Waals surface area contributed by atoms with E-state index in [-0.39, 0.29) is 36.7 Å². The molecule has 2 saturated heterocycles. The highest BCUT2D eigenvalue weighted by molar-refractivity contribution is 5.83. The second-order valence-electron chi connectivity index (χ2n) is 7.36. The van der Waals surface area contributed by atoms with E-state index in [0.717, 1.165) is 13.1 Å². The van der Waals surface area contributed by atoms with Crippen LogP contribution in [0.5, 0.6) is 0 Å². The maximum Gasteiger partial charge on any atom is 0.517 e. The number of quaternary nitrogens is 1. The first-order valence-corrected chi connectivity index (χ1v) is 10.4. The molecule has 1 aromatic rings. The van der Waals surface area contributed by atoms with Gasteiger partial charge in [0.2, 0.25) is 0 Å². The monoisotopic (exact) mass is 450 g/mol. The molecule has 32 heavy (non-hydrogen) atoms. The molecule has 2 N–H and O–H groups in total. The molecule has 3 rings (SSSR count). The number of hydrogen-bond donors (Lipinski definition) is 2. The molecule has 1 aromatic heterocycles. The van der Waals surface area contributed by atoms with Gasteiger partial charge >= 0.3 is 17.9 Å². The van der Waals surface area contributed by atoms with Gasteiger partial charge < -0.3 is 18.9 Å². The molecule has 0 bridgehead atoms. The highest BCUT2D eigenvalue weighted by Crippen LogP contribution is 2.21. The number of morpholine rings is 2. The van der Waals surface area contributed by atoms with E-state index in [1.54, 1.807) is 0 Å². The number of anilines is 1. The molecule has 2 unspecified atom stereocenters. The van der Waals surface area contributed by atoms with Crippen LogP contribution in [0.4, 0.5) is 15.4 Å². The molecule has 12 heteroatoms. The largest absolute Gasteiger partial charge is 0.517 e. The van der Waals surface area contributed by atoms with Crippen molar-refractivity contribution in [1.82, 2.24) is 14.9 Å². The number of H-pyrrole nitrogens is 1. The van der Waals surface area contributed by atoms with Gasteiger partial charge in [-0.1, -0.05) is 0 Å². The first kappa shape index (κ1) is 23.7. The number of ether oxygens (including phenoxy) is 4. The third-order valence-corrected chi connectivity index (χ3v) is 5.43. The Balaban J connectivity index is 1.55. The van der Waals surface area contributed by atoms with Crippen LogP contribution < -0.4 is 11.0 Å². The molecular weight excluding hydrogens is 422 g/mol. The molecule has 12 nitrogen and oxygen atoms in total. The van der Waals surface area contributed by atoms with Crippen LogP contribution in [0.25, 0.3) is 0 Å². The summed E-state index contributed by atoms with van der Waals surface area (Å²) in [7, 11) is 0. The molecule has 0 spiro atoms. The topological polar surface area (TPSA) is 132 Å². The number of aromatic nitrogens is 2. The van der Waals surface area contributed by atoms with Crippen LogP contribution in [0, 0.1) is 12.3 Å². The average Bonchev–Trinajstić information content (AvgIpc) is 2.80. The minimum absolute atomic E-state index is 0.0854. The van der Waals surface area contributed by atoms with Crippen molar-refractivity contribution >= 4 is 18.0 Å². The van der Waals surface area contributed by atoms with E-state index >= 15 is 0 Å². The Morgan fingerprint density at radius 1 is 1.28 bits per heavy atom. The summed E-state index contributed by atoms with van der Waals surface area (Å²) in [6.45, 7) is 4.66. The van der Waals surface area contributed by atoms with Gasteiger partial charge in [-0.15, -0.1) is 6.42 Å². The van der Waals surface area contributed by atoms with Crippen molar-refractivity contribution < 1.29 is 33.0 Å². The van der Waals surface area contributed by atoms with Crippen molar-refractivity contribution in [3.8, 4) is 12.3 Å². The maximum atomic E-state index is 13.1. The number of amides is 2. The van der Waals surface area contributed by atoms with E-state index in [2.05, 4.69) is 26.1 Å².